The minimum atomic E-state index is -0.0975. The molecule has 1 aromatic carbocycles. The van der Waals surface area contributed by atoms with E-state index in [0.29, 0.717) is 18.5 Å². The Hall–Kier alpha value is -1.88. The van der Waals surface area contributed by atoms with Crippen LogP contribution in [0.3, 0.4) is 0 Å². The Morgan fingerprint density at radius 3 is 3.05 bits per heavy atom. The van der Waals surface area contributed by atoms with Crippen molar-refractivity contribution < 1.29 is 14.3 Å². The molecule has 1 N–H and O–H groups in total. The number of anilines is 1. The van der Waals surface area contributed by atoms with Gasteiger partial charge in [0, 0.05) is 30.9 Å². The largest absolute Gasteiger partial charge is 0.376 e. The lowest BCUT2D eigenvalue weighted by atomic mass is 10.1. The predicted octanol–water partition coefficient (Wildman–Crippen LogP) is 1.89. The number of rotatable bonds is 5. The van der Waals surface area contributed by atoms with Gasteiger partial charge in [-0.25, -0.2) is 0 Å². The molecule has 1 atom stereocenters. The van der Waals surface area contributed by atoms with E-state index in [9.17, 15) is 9.59 Å². The molecule has 5 nitrogen and oxygen atoms in total. The molecule has 0 radical (unpaired) electrons. The van der Waals surface area contributed by atoms with E-state index >= 15 is 0 Å². The second-order valence-electron chi connectivity index (χ2n) is 5.91. The van der Waals surface area contributed by atoms with Crippen LogP contribution in [0.1, 0.15) is 42.1 Å². The van der Waals surface area contributed by atoms with Crippen LogP contribution in [0.2, 0.25) is 0 Å². The Balaban J connectivity index is 1.67. The Morgan fingerprint density at radius 1 is 1.45 bits per heavy atom. The summed E-state index contributed by atoms with van der Waals surface area (Å²) in [5.41, 5.74) is 2.51. The molecular formula is C17H22N2O3. The number of benzene rings is 1. The fourth-order valence-corrected chi connectivity index (χ4v) is 3.11. The number of nitrogens with zero attached hydrogens (tertiary/aromatic N) is 1. The first-order chi connectivity index (χ1) is 10.7. The highest BCUT2D eigenvalue weighted by Gasteiger charge is 2.27. The second-order valence-corrected chi connectivity index (χ2v) is 5.91. The van der Waals surface area contributed by atoms with Crippen LogP contribution in [0.25, 0.3) is 0 Å². The van der Waals surface area contributed by atoms with E-state index in [-0.39, 0.29) is 17.9 Å². The summed E-state index contributed by atoms with van der Waals surface area (Å²) in [5.74, 6) is 0.0217. The SMILES string of the molecule is CCCN1C(=O)Cc2cc(C(=O)NCC3CCCO3)ccc21. The standard InChI is InChI=1S/C17H22N2O3/c1-2-7-19-15-6-5-12(9-13(15)10-16(19)20)17(21)18-11-14-4-3-8-22-14/h5-6,9,14H,2-4,7-8,10-11H2,1H3,(H,18,21). The van der Waals surface area contributed by atoms with Gasteiger partial charge in [-0.15, -0.1) is 0 Å². The number of amides is 2. The topological polar surface area (TPSA) is 58.6 Å². The first-order valence-corrected chi connectivity index (χ1v) is 8.02. The molecule has 0 aromatic heterocycles. The number of ether oxygens (including phenoxy) is 1. The Bertz CT molecular complexity index is 579. The molecule has 1 fully saturated rings. The molecular weight excluding hydrogens is 280 g/mol. The lowest BCUT2D eigenvalue weighted by molar-refractivity contribution is -0.117. The minimum absolute atomic E-state index is 0.0975. The van der Waals surface area contributed by atoms with Crippen LogP contribution in [0.4, 0.5) is 5.69 Å². The zero-order chi connectivity index (χ0) is 15.5. The van der Waals surface area contributed by atoms with E-state index in [0.717, 1.165) is 43.7 Å². The fourth-order valence-electron chi connectivity index (χ4n) is 3.11. The van der Waals surface area contributed by atoms with Crippen molar-refractivity contribution in [2.45, 2.75) is 38.7 Å². The Kier molecular flexibility index (Phi) is 4.43. The van der Waals surface area contributed by atoms with Gasteiger partial charge in [0.1, 0.15) is 0 Å². The second kappa shape index (κ2) is 6.48. The van der Waals surface area contributed by atoms with Gasteiger partial charge in [-0.05, 0) is 43.0 Å². The van der Waals surface area contributed by atoms with Crippen molar-refractivity contribution in [2.24, 2.45) is 0 Å². The fraction of sp³-hybridized carbons (Fsp3) is 0.529. The van der Waals surface area contributed by atoms with Gasteiger partial charge in [-0.2, -0.15) is 0 Å². The average molecular weight is 302 g/mol. The summed E-state index contributed by atoms with van der Waals surface area (Å²) in [6, 6.07) is 5.52. The molecule has 2 aliphatic heterocycles. The lowest BCUT2D eigenvalue weighted by Crippen LogP contribution is -2.31. The van der Waals surface area contributed by atoms with Gasteiger partial charge in [0.15, 0.2) is 0 Å². The summed E-state index contributed by atoms with van der Waals surface area (Å²) in [5, 5.41) is 2.92. The van der Waals surface area contributed by atoms with Crippen molar-refractivity contribution in [3.63, 3.8) is 0 Å². The first kappa shape index (κ1) is 15.0. The number of hydrogen-bond donors (Lipinski definition) is 1. The van der Waals surface area contributed by atoms with Crippen LogP contribution in [0, 0.1) is 0 Å². The monoisotopic (exact) mass is 302 g/mol. The van der Waals surface area contributed by atoms with E-state index < -0.39 is 0 Å². The van der Waals surface area contributed by atoms with Crippen LogP contribution in [0.15, 0.2) is 18.2 Å². The van der Waals surface area contributed by atoms with Gasteiger partial charge in [0.05, 0.1) is 12.5 Å². The van der Waals surface area contributed by atoms with E-state index in [1.807, 2.05) is 17.0 Å². The summed E-state index contributed by atoms with van der Waals surface area (Å²) in [7, 11) is 0. The van der Waals surface area contributed by atoms with E-state index in [1.165, 1.54) is 0 Å². The third-order valence-electron chi connectivity index (χ3n) is 4.24. The normalized spacial score (nSPS) is 20.3. The lowest BCUT2D eigenvalue weighted by Gasteiger charge is -2.16. The molecule has 5 heteroatoms. The molecule has 0 bridgehead atoms. The van der Waals surface area contributed by atoms with Gasteiger partial charge >= 0.3 is 0 Å². The van der Waals surface area contributed by atoms with Gasteiger partial charge in [0.25, 0.3) is 5.91 Å². The molecule has 118 valence electrons. The smallest absolute Gasteiger partial charge is 0.251 e. The zero-order valence-electron chi connectivity index (χ0n) is 12.9. The third kappa shape index (κ3) is 2.99. The quantitative estimate of drug-likeness (QED) is 0.903. The molecule has 2 amide bonds. The molecule has 2 aliphatic rings. The van der Waals surface area contributed by atoms with Crippen LogP contribution < -0.4 is 10.2 Å². The summed E-state index contributed by atoms with van der Waals surface area (Å²) in [4.78, 5) is 26.0. The molecule has 0 aliphatic carbocycles. The highest BCUT2D eigenvalue weighted by Crippen LogP contribution is 2.29. The van der Waals surface area contributed by atoms with E-state index in [1.54, 1.807) is 6.07 Å². The molecule has 1 saturated heterocycles. The van der Waals surface area contributed by atoms with Gasteiger partial charge in [-0.1, -0.05) is 6.92 Å². The average Bonchev–Trinajstić information content (AvgIpc) is 3.13. The van der Waals surface area contributed by atoms with Gasteiger partial charge in [-0.3, -0.25) is 9.59 Å². The van der Waals surface area contributed by atoms with Crippen molar-refractivity contribution in [2.75, 3.05) is 24.6 Å². The minimum Gasteiger partial charge on any atom is -0.376 e. The van der Waals surface area contributed by atoms with Crippen molar-refractivity contribution >= 4 is 17.5 Å². The number of nitrogens with one attached hydrogen (secondary N) is 1. The number of carbonyl (C=O) groups excluding carboxylic acids is 2. The van der Waals surface area contributed by atoms with Crippen molar-refractivity contribution in [3.05, 3.63) is 29.3 Å². The van der Waals surface area contributed by atoms with Crippen LogP contribution in [-0.2, 0) is 16.0 Å². The summed E-state index contributed by atoms with van der Waals surface area (Å²) in [6.07, 6.45) is 3.52. The number of fused-ring (bicyclic) bond motifs is 1. The maximum Gasteiger partial charge on any atom is 0.251 e. The molecule has 0 spiro atoms. The highest BCUT2D eigenvalue weighted by molar-refractivity contribution is 6.03. The van der Waals surface area contributed by atoms with Crippen molar-refractivity contribution in [1.29, 1.82) is 0 Å². The molecule has 2 heterocycles. The molecule has 0 saturated carbocycles. The molecule has 22 heavy (non-hydrogen) atoms. The third-order valence-corrected chi connectivity index (χ3v) is 4.24. The Labute approximate surface area is 130 Å². The maximum atomic E-state index is 12.2. The number of hydrogen-bond acceptors (Lipinski definition) is 3. The van der Waals surface area contributed by atoms with Crippen molar-refractivity contribution in [3.8, 4) is 0 Å². The van der Waals surface area contributed by atoms with E-state index in [2.05, 4.69) is 12.2 Å². The number of carbonyl (C=O) groups is 2. The van der Waals surface area contributed by atoms with Crippen LogP contribution >= 0.6 is 0 Å². The van der Waals surface area contributed by atoms with E-state index in [4.69, 9.17) is 4.74 Å². The highest BCUT2D eigenvalue weighted by atomic mass is 16.5. The van der Waals surface area contributed by atoms with Crippen LogP contribution in [0.5, 0.6) is 0 Å². The predicted molar refractivity (Wildman–Crippen MR) is 84.1 cm³/mol. The molecule has 1 unspecified atom stereocenters. The Morgan fingerprint density at radius 2 is 2.32 bits per heavy atom. The summed E-state index contributed by atoms with van der Waals surface area (Å²) < 4.78 is 5.50. The summed E-state index contributed by atoms with van der Waals surface area (Å²) in [6.45, 7) is 4.13. The zero-order valence-corrected chi connectivity index (χ0v) is 12.9. The molecule has 1 aromatic rings. The van der Waals surface area contributed by atoms with Gasteiger partial charge < -0.3 is 15.0 Å². The van der Waals surface area contributed by atoms with Crippen molar-refractivity contribution in [1.82, 2.24) is 5.32 Å². The first-order valence-electron chi connectivity index (χ1n) is 8.02. The molecule has 3 rings (SSSR count). The van der Waals surface area contributed by atoms with Gasteiger partial charge in [0.2, 0.25) is 5.91 Å². The van der Waals surface area contributed by atoms with Crippen LogP contribution in [-0.4, -0.2) is 37.6 Å². The maximum absolute atomic E-state index is 12.2. The summed E-state index contributed by atoms with van der Waals surface area (Å²) >= 11 is 0.